The summed E-state index contributed by atoms with van der Waals surface area (Å²) < 4.78 is 10.4. The van der Waals surface area contributed by atoms with Gasteiger partial charge >= 0.3 is 0 Å². The van der Waals surface area contributed by atoms with Gasteiger partial charge in [0.2, 0.25) is 5.91 Å². The van der Waals surface area contributed by atoms with Crippen LogP contribution in [0.25, 0.3) is 6.08 Å². The highest BCUT2D eigenvalue weighted by Crippen LogP contribution is 2.28. The van der Waals surface area contributed by atoms with Crippen molar-refractivity contribution in [3.8, 4) is 11.5 Å². The van der Waals surface area contributed by atoms with Crippen molar-refractivity contribution in [2.24, 2.45) is 0 Å². The highest BCUT2D eigenvalue weighted by molar-refractivity contribution is 6.35. The van der Waals surface area contributed by atoms with E-state index in [0.717, 1.165) is 5.56 Å². The monoisotopic (exact) mass is 351 g/mol. The van der Waals surface area contributed by atoms with Gasteiger partial charge in [-0.3, -0.25) is 4.79 Å². The number of halogens is 2. The second kappa shape index (κ2) is 7.90. The normalized spacial score (nSPS) is 10.6. The van der Waals surface area contributed by atoms with E-state index in [1.807, 2.05) is 6.07 Å². The van der Waals surface area contributed by atoms with Crippen molar-refractivity contribution in [3.05, 3.63) is 58.1 Å². The molecule has 0 saturated carbocycles. The first-order chi connectivity index (χ1) is 11.0. The summed E-state index contributed by atoms with van der Waals surface area (Å²) in [6.45, 7) is 0. The summed E-state index contributed by atoms with van der Waals surface area (Å²) in [7, 11) is 3.12. The van der Waals surface area contributed by atoms with Crippen LogP contribution in [0.5, 0.6) is 11.5 Å². The standard InChI is InChI=1S/C17H15Cl2NO3/c1-22-15-5-3-11(7-16(15)23-2)4-6-17(21)20-14-9-12(18)8-13(19)10-14/h3-10H,1-2H3,(H,20,21)/b6-4+. The first-order valence-electron chi connectivity index (χ1n) is 6.69. The largest absolute Gasteiger partial charge is 0.493 e. The molecule has 0 aliphatic heterocycles. The average molecular weight is 352 g/mol. The van der Waals surface area contributed by atoms with Crippen LogP contribution >= 0.6 is 23.2 Å². The van der Waals surface area contributed by atoms with Gasteiger partial charge in [-0.15, -0.1) is 0 Å². The number of hydrogen-bond acceptors (Lipinski definition) is 3. The Morgan fingerprint density at radius 3 is 2.26 bits per heavy atom. The Balaban J connectivity index is 2.09. The zero-order chi connectivity index (χ0) is 16.8. The molecule has 0 atom stereocenters. The number of ether oxygens (including phenoxy) is 2. The van der Waals surface area contributed by atoms with Crippen LogP contribution in [0.3, 0.4) is 0 Å². The Bertz CT molecular complexity index is 724. The Kier molecular flexibility index (Phi) is 5.90. The molecule has 0 saturated heterocycles. The summed E-state index contributed by atoms with van der Waals surface area (Å²) in [6, 6.07) is 10.2. The van der Waals surface area contributed by atoms with E-state index in [2.05, 4.69) is 5.32 Å². The number of benzene rings is 2. The van der Waals surface area contributed by atoms with Gasteiger partial charge in [-0.1, -0.05) is 29.3 Å². The molecule has 23 heavy (non-hydrogen) atoms. The fourth-order valence-electron chi connectivity index (χ4n) is 1.94. The Morgan fingerprint density at radius 1 is 1.00 bits per heavy atom. The predicted octanol–water partition coefficient (Wildman–Crippen LogP) is 4.66. The van der Waals surface area contributed by atoms with Crippen molar-refractivity contribution in [1.29, 1.82) is 0 Å². The lowest BCUT2D eigenvalue weighted by molar-refractivity contribution is -0.111. The van der Waals surface area contributed by atoms with E-state index in [4.69, 9.17) is 32.7 Å². The molecule has 6 heteroatoms. The first-order valence-corrected chi connectivity index (χ1v) is 7.44. The molecule has 0 aromatic heterocycles. The summed E-state index contributed by atoms with van der Waals surface area (Å²) in [5.74, 6) is 0.928. The van der Waals surface area contributed by atoms with Crippen LogP contribution in [0.1, 0.15) is 5.56 Å². The summed E-state index contributed by atoms with van der Waals surface area (Å²) in [5, 5.41) is 3.60. The maximum absolute atomic E-state index is 11.9. The Labute approximate surface area is 144 Å². The van der Waals surface area contributed by atoms with E-state index in [1.165, 1.54) is 6.08 Å². The number of amides is 1. The number of anilines is 1. The van der Waals surface area contributed by atoms with E-state index in [-0.39, 0.29) is 5.91 Å². The molecule has 0 aliphatic rings. The maximum Gasteiger partial charge on any atom is 0.248 e. The van der Waals surface area contributed by atoms with E-state index < -0.39 is 0 Å². The Hall–Kier alpha value is -2.17. The third-order valence-corrected chi connectivity index (χ3v) is 3.40. The minimum absolute atomic E-state index is 0.293. The van der Waals surface area contributed by atoms with Crippen molar-refractivity contribution in [3.63, 3.8) is 0 Å². The number of rotatable bonds is 5. The molecule has 2 aromatic rings. The minimum atomic E-state index is -0.293. The zero-order valence-corrected chi connectivity index (χ0v) is 14.1. The lowest BCUT2D eigenvalue weighted by Crippen LogP contribution is -2.07. The van der Waals surface area contributed by atoms with E-state index in [1.54, 1.807) is 50.6 Å². The second-order valence-electron chi connectivity index (χ2n) is 4.60. The van der Waals surface area contributed by atoms with Crippen LogP contribution in [0, 0.1) is 0 Å². The fourth-order valence-corrected chi connectivity index (χ4v) is 2.46. The van der Waals surface area contributed by atoms with Crippen molar-refractivity contribution >= 4 is 40.9 Å². The lowest BCUT2D eigenvalue weighted by atomic mass is 10.2. The molecule has 0 unspecified atom stereocenters. The van der Waals surface area contributed by atoms with Crippen molar-refractivity contribution in [2.45, 2.75) is 0 Å². The summed E-state index contributed by atoms with van der Waals surface area (Å²) in [5.41, 5.74) is 1.34. The molecule has 4 nitrogen and oxygen atoms in total. The molecular formula is C17H15Cl2NO3. The van der Waals surface area contributed by atoms with E-state index in [9.17, 15) is 4.79 Å². The molecule has 0 radical (unpaired) electrons. The van der Waals surface area contributed by atoms with Crippen molar-refractivity contribution in [1.82, 2.24) is 0 Å². The molecule has 0 spiro atoms. The minimum Gasteiger partial charge on any atom is -0.493 e. The highest BCUT2D eigenvalue weighted by atomic mass is 35.5. The third-order valence-electron chi connectivity index (χ3n) is 2.96. The van der Waals surface area contributed by atoms with Gasteiger partial charge in [0.1, 0.15) is 0 Å². The van der Waals surface area contributed by atoms with Crippen LogP contribution < -0.4 is 14.8 Å². The lowest BCUT2D eigenvalue weighted by Gasteiger charge is -2.07. The van der Waals surface area contributed by atoms with Crippen LogP contribution in [0.2, 0.25) is 10.0 Å². The van der Waals surface area contributed by atoms with Crippen LogP contribution in [-0.2, 0) is 4.79 Å². The summed E-state index contributed by atoms with van der Waals surface area (Å²) in [6.07, 6.45) is 3.08. The van der Waals surface area contributed by atoms with Gasteiger partial charge < -0.3 is 14.8 Å². The predicted molar refractivity (Wildman–Crippen MR) is 93.7 cm³/mol. The number of hydrogen-bond donors (Lipinski definition) is 1. The van der Waals surface area contributed by atoms with E-state index in [0.29, 0.717) is 27.2 Å². The molecule has 2 rings (SSSR count). The zero-order valence-electron chi connectivity index (χ0n) is 12.6. The SMILES string of the molecule is COc1ccc(/C=C/C(=O)Nc2cc(Cl)cc(Cl)c2)cc1OC. The topological polar surface area (TPSA) is 47.6 Å². The maximum atomic E-state index is 11.9. The number of nitrogens with one attached hydrogen (secondary N) is 1. The number of carbonyl (C=O) groups excluding carboxylic acids is 1. The molecule has 0 heterocycles. The molecule has 2 aromatic carbocycles. The molecule has 1 amide bonds. The average Bonchev–Trinajstić information content (AvgIpc) is 2.51. The number of carbonyl (C=O) groups is 1. The van der Waals surface area contributed by atoms with E-state index >= 15 is 0 Å². The van der Waals surface area contributed by atoms with Crippen molar-refractivity contribution < 1.29 is 14.3 Å². The van der Waals surface area contributed by atoms with Gasteiger partial charge in [-0.05, 0) is 42.0 Å². The highest BCUT2D eigenvalue weighted by Gasteiger charge is 2.04. The van der Waals surface area contributed by atoms with Crippen LogP contribution in [-0.4, -0.2) is 20.1 Å². The Morgan fingerprint density at radius 2 is 1.65 bits per heavy atom. The quantitative estimate of drug-likeness (QED) is 0.796. The first kappa shape index (κ1) is 17.2. The van der Waals surface area contributed by atoms with Gasteiger partial charge in [0.15, 0.2) is 11.5 Å². The molecule has 1 N–H and O–H groups in total. The van der Waals surface area contributed by atoms with Crippen molar-refractivity contribution in [2.75, 3.05) is 19.5 Å². The second-order valence-corrected chi connectivity index (χ2v) is 5.47. The van der Waals surface area contributed by atoms with Crippen LogP contribution in [0.4, 0.5) is 5.69 Å². The van der Waals surface area contributed by atoms with Gasteiger partial charge in [0.25, 0.3) is 0 Å². The summed E-state index contributed by atoms with van der Waals surface area (Å²) in [4.78, 5) is 11.9. The molecule has 120 valence electrons. The number of methoxy groups -OCH3 is 2. The summed E-state index contributed by atoms with van der Waals surface area (Å²) >= 11 is 11.8. The van der Waals surface area contributed by atoms with Crippen LogP contribution in [0.15, 0.2) is 42.5 Å². The molecule has 0 bridgehead atoms. The fraction of sp³-hybridized carbons (Fsp3) is 0.118. The van der Waals surface area contributed by atoms with Gasteiger partial charge in [-0.2, -0.15) is 0 Å². The van der Waals surface area contributed by atoms with Gasteiger partial charge in [0.05, 0.1) is 14.2 Å². The molecule has 0 fully saturated rings. The van der Waals surface area contributed by atoms with Gasteiger partial charge in [-0.25, -0.2) is 0 Å². The molecule has 0 aliphatic carbocycles. The van der Waals surface area contributed by atoms with Gasteiger partial charge in [0, 0.05) is 21.8 Å². The third kappa shape index (κ3) is 4.91. The molecular weight excluding hydrogens is 337 g/mol. The smallest absolute Gasteiger partial charge is 0.248 e.